The number of hydrogen-bond donors (Lipinski definition) is 1. The standard InChI is InChI=1S/C15H20N2O/c1-15(2,10-16)8-13-12-6-7-17-9-11(12)4-5-14(13)18-3/h4-7,9H,8,10,16H2,1-3H3. The highest BCUT2D eigenvalue weighted by molar-refractivity contribution is 5.87. The summed E-state index contributed by atoms with van der Waals surface area (Å²) in [6.45, 7) is 5.00. The van der Waals surface area contributed by atoms with Gasteiger partial charge in [-0.05, 0) is 42.0 Å². The second-order valence-electron chi connectivity index (χ2n) is 5.39. The highest BCUT2D eigenvalue weighted by atomic mass is 16.5. The maximum absolute atomic E-state index is 5.84. The summed E-state index contributed by atoms with van der Waals surface area (Å²) in [5.41, 5.74) is 7.11. The lowest BCUT2D eigenvalue weighted by Crippen LogP contribution is -2.26. The van der Waals surface area contributed by atoms with Crippen LogP contribution in [-0.2, 0) is 6.42 Å². The predicted molar refractivity (Wildman–Crippen MR) is 74.8 cm³/mol. The number of hydrogen-bond acceptors (Lipinski definition) is 3. The molecule has 0 aliphatic heterocycles. The molecule has 0 amide bonds. The van der Waals surface area contributed by atoms with Crippen molar-refractivity contribution >= 4 is 10.8 Å². The van der Waals surface area contributed by atoms with Gasteiger partial charge >= 0.3 is 0 Å². The summed E-state index contributed by atoms with van der Waals surface area (Å²) < 4.78 is 5.48. The molecule has 0 saturated heterocycles. The molecule has 0 bridgehead atoms. The summed E-state index contributed by atoms with van der Waals surface area (Å²) in [7, 11) is 1.71. The molecule has 0 saturated carbocycles. The van der Waals surface area contributed by atoms with Crippen LogP contribution in [0.5, 0.6) is 5.75 Å². The van der Waals surface area contributed by atoms with Gasteiger partial charge in [-0.15, -0.1) is 0 Å². The third-order valence-corrected chi connectivity index (χ3v) is 3.32. The van der Waals surface area contributed by atoms with Gasteiger partial charge in [-0.25, -0.2) is 0 Å². The first-order chi connectivity index (χ1) is 8.57. The third kappa shape index (κ3) is 2.46. The van der Waals surface area contributed by atoms with Gasteiger partial charge in [-0.1, -0.05) is 13.8 Å². The van der Waals surface area contributed by atoms with Crippen molar-refractivity contribution in [1.82, 2.24) is 4.98 Å². The molecule has 0 spiro atoms. The summed E-state index contributed by atoms with van der Waals surface area (Å²) >= 11 is 0. The Labute approximate surface area is 108 Å². The Bertz CT molecular complexity index is 549. The minimum absolute atomic E-state index is 0.0604. The molecule has 2 aromatic rings. The molecule has 0 aliphatic rings. The number of ether oxygens (including phenoxy) is 1. The number of benzene rings is 1. The molecule has 1 heterocycles. The molecular weight excluding hydrogens is 224 g/mol. The van der Waals surface area contributed by atoms with Crippen molar-refractivity contribution in [2.45, 2.75) is 20.3 Å². The first-order valence-electron chi connectivity index (χ1n) is 6.17. The van der Waals surface area contributed by atoms with Crippen molar-refractivity contribution in [3.8, 4) is 5.75 Å². The fourth-order valence-corrected chi connectivity index (χ4v) is 2.14. The van der Waals surface area contributed by atoms with Gasteiger partial charge < -0.3 is 10.5 Å². The molecule has 3 nitrogen and oxygen atoms in total. The first-order valence-corrected chi connectivity index (χ1v) is 6.17. The van der Waals surface area contributed by atoms with Crippen LogP contribution in [0.3, 0.4) is 0 Å². The Kier molecular flexibility index (Phi) is 3.53. The zero-order valence-corrected chi connectivity index (χ0v) is 11.2. The quantitative estimate of drug-likeness (QED) is 0.899. The van der Waals surface area contributed by atoms with Crippen LogP contribution in [0.15, 0.2) is 30.6 Å². The topological polar surface area (TPSA) is 48.1 Å². The number of nitrogens with two attached hydrogens (primary N) is 1. The molecule has 0 radical (unpaired) electrons. The number of methoxy groups -OCH3 is 1. The third-order valence-electron chi connectivity index (χ3n) is 3.32. The maximum atomic E-state index is 5.84. The van der Waals surface area contributed by atoms with Gasteiger partial charge in [0.2, 0.25) is 0 Å². The van der Waals surface area contributed by atoms with Crippen LogP contribution in [0.1, 0.15) is 19.4 Å². The van der Waals surface area contributed by atoms with E-state index in [-0.39, 0.29) is 5.41 Å². The van der Waals surface area contributed by atoms with Crippen molar-refractivity contribution < 1.29 is 4.74 Å². The van der Waals surface area contributed by atoms with E-state index in [2.05, 4.69) is 18.8 Å². The van der Waals surface area contributed by atoms with E-state index in [1.807, 2.05) is 30.6 Å². The smallest absolute Gasteiger partial charge is 0.122 e. The lowest BCUT2D eigenvalue weighted by atomic mass is 9.84. The maximum Gasteiger partial charge on any atom is 0.122 e. The minimum Gasteiger partial charge on any atom is -0.496 e. The monoisotopic (exact) mass is 244 g/mol. The highest BCUT2D eigenvalue weighted by Gasteiger charge is 2.20. The molecule has 1 aromatic carbocycles. The Morgan fingerprint density at radius 3 is 2.72 bits per heavy atom. The van der Waals surface area contributed by atoms with Crippen LogP contribution in [-0.4, -0.2) is 18.6 Å². The summed E-state index contributed by atoms with van der Waals surface area (Å²) in [6.07, 6.45) is 4.60. The number of pyridine rings is 1. The number of rotatable bonds is 4. The summed E-state index contributed by atoms with van der Waals surface area (Å²) in [6, 6.07) is 6.09. The summed E-state index contributed by atoms with van der Waals surface area (Å²) in [4.78, 5) is 4.16. The molecular formula is C15H20N2O. The van der Waals surface area contributed by atoms with E-state index in [9.17, 15) is 0 Å². The molecule has 0 fully saturated rings. The van der Waals surface area contributed by atoms with Gasteiger partial charge in [0, 0.05) is 23.3 Å². The normalized spacial score (nSPS) is 11.8. The van der Waals surface area contributed by atoms with Crippen LogP contribution in [0.25, 0.3) is 10.8 Å². The van der Waals surface area contributed by atoms with Gasteiger partial charge in [0.15, 0.2) is 0 Å². The Balaban J connectivity index is 2.58. The van der Waals surface area contributed by atoms with Crippen molar-refractivity contribution in [2.75, 3.05) is 13.7 Å². The van der Waals surface area contributed by atoms with Crippen LogP contribution in [0.2, 0.25) is 0 Å². The second-order valence-corrected chi connectivity index (χ2v) is 5.39. The number of aromatic nitrogens is 1. The molecule has 0 unspecified atom stereocenters. The zero-order valence-electron chi connectivity index (χ0n) is 11.2. The summed E-state index contributed by atoms with van der Waals surface area (Å²) in [5, 5.41) is 2.34. The van der Waals surface area contributed by atoms with Crippen LogP contribution in [0.4, 0.5) is 0 Å². The lowest BCUT2D eigenvalue weighted by molar-refractivity contribution is 0.360. The zero-order chi connectivity index (χ0) is 13.2. The van der Waals surface area contributed by atoms with E-state index in [1.54, 1.807) is 7.11 Å². The Hall–Kier alpha value is -1.61. The molecule has 1 aromatic heterocycles. The highest BCUT2D eigenvalue weighted by Crippen LogP contribution is 2.32. The summed E-state index contributed by atoms with van der Waals surface area (Å²) in [5.74, 6) is 0.926. The molecule has 2 rings (SSSR count). The van der Waals surface area contributed by atoms with Crippen LogP contribution >= 0.6 is 0 Å². The van der Waals surface area contributed by atoms with Crippen molar-refractivity contribution in [2.24, 2.45) is 11.1 Å². The van der Waals surface area contributed by atoms with E-state index in [4.69, 9.17) is 10.5 Å². The number of nitrogens with zero attached hydrogens (tertiary/aromatic N) is 1. The van der Waals surface area contributed by atoms with E-state index in [0.29, 0.717) is 6.54 Å². The van der Waals surface area contributed by atoms with E-state index >= 15 is 0 Å². The van der Waals surface area contributed by atoms with Crippen LogP contribution < -0.4 is 10.5 Å². The van der Waals surface area contributed by atoms with Gasteiger partial charge in [0.05, 0.1) is 7.11 Å². The molecule has 0 atom stereocenters. The molecule has 96 valence electrons. The van der Waals surface area contributed by atoms with E-state index < -0.39 is 0 Å². The lowest BCUT2D eigenvalue weighted by Gasteiger charge is -2.24. The Morgan fingerprint density at radius 2 is 2.06 bits per heavy atom. The van der Waals surface area contributed by atoms with Crippen LogP contribution in [0, 0.1) is 5.41 Å². The van der Waals surface area contributed by atoms with Crippen molar-refractivity contribution in [3.05, 3.63) is 36.2 Å². The molecule has 3 heteroatoms. The van der Waals surface area contributed by atoms with Crippen molar-refractivity contribution in [3.63, 3.8) is 0 Å². The van der Waals surface area contributed by atoms with Gasteiger partial charge in [0.25, 0.3) is 0 Å². The van der Waals surface area contributed by atoms with Gasteiger partial charge in [-0.3, -0.25) is 4.98 Å². The second kappa shape index (κ2) is 4.94. The van der Waals surface area contributed by atoms with E-state index in [0.717, 1.165) is 17.6 Å². The SMILES string of the molecule is COc1ccc2cnccc2c1CC(C)(C)CN. The largest absolute Gasteiger partial charge is 0.496 e. The molecule has 18 heavy (non-hydrogen) atoms. The fraction of sp³-hybridized carbons (Fsp3) is 0.400. The van der Waals surface area contributed by atoms with Gasteiger partial charge in [-0.2, -0.15) is 0 Å². The average molecular weight is 244 g/mol. The molecule has 0 aliphatic carbocycles. The van der Waals surface area contributed by atoms with Gasteiger partial charge in [0.1, 0.15) is 5.75 Å². The fourth-order valence-electron chi connectivity index (χ4n) is 2.14. The predicted octanol–water partition coefficient (Wildman–Crippen LogP) is 2.77. The average Bonchev–Trinajstić information content (AvgIpc) is 2.39. The van der Waals surface area contributed by atoms with Crippen molar-refractivity contribution in [1.29, 1.82) is 0 Å². The Morgan fingerprint density at radius 1 is 1.28 bits per heavy atom. The minimum atomic E-state index is 0.0604. The van der Waals surface area contributed by atoms with E-state index in [1.165, 1.54) is 10.9 Å². The first kappa shape index (κ1) is 12.8. The molecule has 2 N–H and O–H groups in total. The number of fused-ring (bicyclic) bond motifs is 1.